The maximum Gasteiger partial charge on any atom is 0.131 e. The summed E-state index contributed by atoms with van der Waals surface area (Å²) in [5.74, 6) is 0.957. The van der Waals surface area contributed by atoms with Crippen LogP contribution in [-0.4, -0.2) is 28.0 Å². The third-order valence-corrected chi connectivity index (χ3v) is 4.62. The van der Waals surface area contributed by atoms with Crippen LogP contribution in [0.4, 0.5) is 4.39 Å². The highest BCUT2D eigenvalue weighted by Gasteiger charge is 2.23. The topological polar surface area (TPSA) is 29.0 Å². The van der Waals surface area contributed by atoms with Crippen molar-refractivity contribution in [2.75, 3.05) is 13.1 Å². The Balaban J connectivity index is 2.02. The third kappa shape index (κ3) is 3.64. The van der Waals surface area contributed by atoms with Crippen molar-refractivity contribution in [3.8, 4) is 11.3 Å². The smallest absolute Gasteiger partial charge is 0.131 e. The minimum absolute atomic E-state index is 0.213. The molecule has 2 aromatic rings. The summed E-state index contributed by atoms with van der Waals surface area (Å²) in [5.41, 5.74) is 4.34. The Morgan fingerprint density at radius 1 is 1.17 bits per heavy atom. The summed E-state index contributed by atoms with van der Waals surface area (Å²) in [6, 6.07) is 6.67. The number of halogens is 1. The molecule has 0 fully saturated rings. The molecule has 0 amide bonds. The molecule has 1 aliphatic rings. The van der Waals surface area contributed by atoms with E-state index in [9.17, 15) is 4.39 Å². The van der Waals surface area contributed by atoms with Gasteiger partial charge < -0.3 is 0 Å². The van der Waals surface area contributed by atoms with Crippen molar-refractivity contribution in [2.45, 2.75) is 52.5 Å². The number of hydrogen-bond donors (Lipinski definition) is 0. The van der Waals surface area contributed by atoms with Gasteiger partial charge in [-0.15, -0.1) is 0 Å². The van der Waals surface area contributed by atoms with Crippen molar-refractivity contribution in [3.63, 3.8) is 0 Å². The monoisotopic (exact) mass is 327 g/mol. The van der Waals surface area contributed by atoms with Gasteiger partial charge in [-0.05, 0) is 37.2 Å². The highest BCUT2D eigenvalue weighted by atomic mass is 19.1. The van der Waals surface area contributed by atoms with Gasteiger partial charge in [0.25, 0.3) is 0 Å². The van der Waals surface area contributed by atoms with Crippen LogP contribution in [-0.2, 0) is 13.0 Å². The fourth-order valence-corrected chi connectivity index (χ4v) is 3.17. The van der Waals surface area contributed by atoms with Crippen LogP contribution in [0.5, 0.6) is 0 Å². The molecule has 1 aromatic carbocycles. The highest BCUT2D eigenvalue weighted by molar-refractivity contribution is 5.64. The maximum atomic E-state index is 13.3. The maximum absolute atomic E-state index is 13.3. The summed E-state index contributed by atoms with van der Waals surface area (Å²) in [6.07, 6.45) is 3.39. The summed E-state index contributed by atoms with van der Waals surface area (Å²) in [7, 11) is 0. The number of aromatic nitrogens is 2. The summed E-state index contributed by atoms with van der Waals surface area (Å²) in [6.45, 7) is 9.52. The summed E-state index contributed by atoms with van der Waals surface area (Å²) < 4.78 is 13.3. The van der Waals surface area contributed by atoms with E-state index >= 15 is 0 Å². The van der Waals surface area contributed by atoms with Crippen molar-refractivity contribution in [1.82, 2.24) is 14.9 Å². The lowest BCUT2D eigenvalue weighted by Gasteiger charge is -2.30. The summed E-state index contributed by atoms with van der Waals surface area (Å²) in [5, 5.41) is 0. The van der Waals surface area contributed by atoms with E-state index in [4.69, 9.17) is 9.97 Å². The molecule has 128 valence electrons. The van der Waals surface area contributed by atoms with Crippen molar-refractivity contribution in [1.29, 1.82) is 0 Å². The molecule has 0 spiro atoms. The lowest BCUT2D eigenvalue weighted by molar-refractivity contribution is 0.248. The van der Waals surface area contributed by atoms with Gasteiger partial charge in [0.05, 0.1) is 11.4 Å². The molecule has 0 radical (unpaired) electrons. The zero-order chi connectivity index (χ0) is 17.1. The molecule has 3 rings (SSSR count). The number of nitrogens with zero attached hydrogens (tertiary/aromatic N) is 3. The molecule has 0 N–H and O–H groups in total. The molecule has 0 bridgehead atoms. The Kier molecular flexibility index (Phi) is 5.24. The largest absolute Gasteiger partial charge is 0.299 e. The second-order valence-electron chi connectivity index (χ2n) is 6.90. The molecule has 1 aromatic heterocycles. The van der Waals surface area contributed by atoms with E-state index in [1.807, 2.05) is 12.1 Å². The molecule has 0 saturated heterocycles. The second kappa shape index (κ2) is 7.39. The van der Waals surface area contributed by atoms with Gasteiger partial charge in [0, 0.05) is 36.6 Å². The lowest BCUT2D eigenvalue weighted by atomic mass is 9.98. The molecule has 0 saturated carbocycles. The van der Waals surface area contributed by atoms with Crippen molar-refractivity contribution in [2.24, 2.45) is 0 Å². The van der Waals surface area contributed by atoms with Gasteiger partial charge in [-0.1, -0.05) is 27.2 Å². The highest BCUT2D eigenvalue weighted by Crippen LogP contribution is 2.30. The van der Waals surface area contributed by atoms with Crippen LogP contribution in [0.2, 0.25) is 0 Å². The van der Waals surface area contributed by atoms with Crippen LogP contribution in [0, 0.1) is 5.82 Å². The minimum atomic E-state index is -0.213. The zero-order valence-corrected chi connectivity index (χ0v) is 14.8. The Morgan fingerprint density at radius 2 is 1.92 bits per heavy atom. The predicted octanol–water partition coefficient (Wildman–Crippen LogP) is 4.56. The van der Waals surface area contributed by atoms with Crippen LogP contribution in [0.25, 0.3) is 11.3 Å². The molecule has 1 aliphatic heterocycles. The number of unbranched alkanes of at least 4 members (excludes halogenated alkanes) is 1. The SMILES string of the molecule is CCCCN1CCc2nc(C(C)C)nc(-c3ccc(F)cc3)c2C1. The Labute approximate surface area is 143 Å². The lowest BCUT2D eigenvalue weighted by Crippen LogP contribution is -2.33. The van der Waals surface area contributed by atoms with Crippen LogP contribution >= 0.6 is 0 Å². The van der Waals surface area contributed by atoms with Gasteiger partial charge in [-0.3, -0.25) is 4.90 Å². The summed E-state index contributed by atoms with van der Waals surface area (Å²) in [4.78, 5) is 12.1. The van der Waals surface area contributed by atoms with Gasteiger partial charge >= 0.3 is 0 Å². The fourth-order valence-electron chi connectivity index (χ4n) is 3.17. The first-order chi connectivity index (χ1) is 11.6. The fraction of sp³-hybridized carbons (Fsp3) is 0.500. The van der Waals surface area contributed by atoms with E-state index in [0.717, 1.165) is 43.1 Å². The molecular weight excluding hydrogens is 301 g/mol. The second-order valence-corrected chi connectivity index (χ2v) is 6.90. The quantitative estimate of drug-likeness (QED) is 0.806. The van der Waals surface area contributed by atoms with Gasteiger partial charge in [0.1, 0.15) is 11.6 Å². The van der Waals surface area contributed by atoms with Crippen molar-refractivity contribution in [3.05, 3.63) is 47.2 Å². The first-order valence-electron chi connectivity index (χ1n) is 8.96. The van der Waals surface area contributed by atoms with Gasteiger partial charge in [0.2, 0.25) is 0 Å². The van der Waals surface area contributed by atoms with E-state index in [-0.39, 0.29) is 11.7 Å². The van der Waals surface area contributed by atoms with Crippen LogP contribution in [0.3, 0.4) is 0 Å². The predicted molar refractivity (Wildman–Crippen MR) is 95.4 cm³/mol. The standard InChI is InChI=1S/C20H26FN3/c1-4-5-11-24-12-10-18-17(13-24)19(23-20(22-18)14(2)3)15-6-8-16(21)9-7-15/h6-9,14H,4-5,10-13H2,1-3H3. The third-order valence-electron chi connectivity index (χ3n) is 4.62. The minimum Gasteiger partial charge on any atom is -0.299 e. The molecule has 0 unspecified atom stereocenters. The number of hydrogen-bond acceptors (Lipinski definition) is 3. The molecule has 0 atom stereocenters. The van der Waals surface area contributed by atoms with Gasteiger partial charge in [0.15, 0.2) is 0 Å². The van der Waals surface area contributed by atoms with Crippen LogP contribution in [0.15, 0.2) is 24.3 Å². The van der Waals surface area contributed by atoms with E-state index in [0.29, 0.717) is 0 Å². The normalized spacial score (nSPS) is 14.9. The number of fused-ring (bicyclic) bond motifs is 1. The van der Waals surface area contributed by atoms with Crippen LogP contribution < -0.4 is 0 Å². The van der Waals surface area contributed by atoms with Gasteiger partial charge in [-0.25, -0.2) is 14.4 Å². The average Bonchev–Trinajstić information content (AvgIpc) is 2.59. The number of benzene rings is 1. The Morgan fingerprint density at radius 3 is 2.58 bits per heavy atom. The van der Waals surface area contributed by atoms with Gasteiger partial charge in [-0.2, -0.15) is 0 Å². The molecular formula is C20H26FN3. The molecule has 2 heterocycles. The van der Waals surface area contributed by atoms with Crippen molar-refractivity contribution >= 4 is 0 Å². The summed E-state index contributed by atoms with van der Waals surface area (Å²) >= 11 is 0. The Bertz CT molecular complexity index is 695. The van der Waals surface area contributed by atoms with E-state index in [1.165, 1.54) is 36.2 Å². The molecule has 24 heavy (non-hydrogen) atoms. The first-order valence-corrected chi connectivity index (χ1v) is 8.96. The first kappa shape index (κ1) is 17.0. The molecule has 3 nitrogen and oxygen atoms in total. The van der Waals surface area contributed by atoms with Crippen LogP contribution in [0.1, 0.15) is 56.6 Å². The number of rotatable bonds is 5. The molecule has 4 heteroatoms. The molecule has 0 aliphatic carbocycles. The average molecular weight is 327 g/mol. The van der Waals surface area contributed by atoms with E-state index in [1.54, 1.807) is 0 Å². The van der Waals surface area contributed by atoms with E-state index < -0.39 is 0 Å². The zero-order valence-electron chi connectivity index (χ0n) is 14.8. The Hall–Kier alpha value is -1.81. The van der Waals surface area contributed by atoms with Crippen molar-refractivity contribution < 1.29 is 4.39 Å². The van der Waals surface area contributed by atoms with E-state index in [2.05, 4.69) is 25.7 Å².